The summed E-state index contributed by atoms with van der Waals surface area (Å²) < 4.78 is 16.7. The fourth-order valence-corrected chi connectivity index (χ4v) is 2.88. The minimum absolute atomic E-state index is 0.224. The Balaban J connectivity index is 1.87. The van der Waals surface area contributed by atoms with Crippen molar-refractivity contribution in [1.82, 2.24) is 10.1 Å². The molecular formula is C13H21N3O3. The van der Waals surface area contributed by atoms with Gasteiger partial charge in [0.05, 0.1) is 5.41 Å². The second kappa shape index (κ2) is 4.85. The van der Waals surface area contributed by atoms with Gasteiger partial charge in [-0.1, -0.05) is 5.16 Å². The molecule has 106 valence electrons. The molecule has 2 fully saturated rings. The number of nitrogens with zero attached hydrogens (tertiary/aromatic N) is 2. The van der Waals surface area contributed by atoms with Gasteiger partial charge in [0.2, 0.25) is 11.7 Å². The van der Waals surface area contributed by atoms with Crippen molar-refractivity contribution in [3.63, 3.8) is 0 Å². The average molecular weight is 267 g/mol. The second-order valence-corrected chi connectivity index (χ2v) is 5.70. The normalized spacial score (nSPS) is 30.6. The Labute approximate surface area is 112 Å². The van der Waals surface area contributed by atoms with Crippen LogP contribution in [0, 0.1) is 0 Å². The van der Waals surface area contributed by atoms with E-state index in [-0.39, 0.29) is 5.41 Å². The van der Waals surface area contributed by atoms with Crippen molar-refractivity contribution in [1.29, 1.82) is 0 Å². The molecule has 6 nitrogen and oxygen atoms in total. The number of nitrogens with two attached hydrogens (primary N) is 1. The van der Waals surface area contributed by atoms with Crippen LogP contribution in [0.5, 0.6) is 0 Å². The Hall–Kier alpha value is -0.980. The van der Waals surface area contributed by atoms with Crippen LogP contribution in [0.25, 0.3) is 0 Å². The van der Waals surface area contributed by atoms with Crippen LogP contribution in [-0.2, 0) is 20.5 Å². The molecule has 1 atom stereocenters. The smallest absolute Gasteiger partial charge is 0.234 e. The first-order valence-corrected chi connectivity index (χ1v) is 6.95. The summed E-state index contributed by atoms with van der Waals surface area (Å²) in [7, 11) is 0. The summed E-state index contributed by atoms with van der Waals surface area (Å²) in [5.74, 6) is 1.30. The van der Waals surface area contributed by atoms with Crippen LogP contribution in [0.4, 0.5) is 0 Å². The Kier molecular flexibility index (Phi) is 3.32. The minimum Gasteiger partial charge on any atom is -0.381 e. The van der Waals surface area contributed by atoms with Crippen molar-refractivity contribution in [2.24, 2.45) is 5.73 Å². The van der Waals surface area contributed by atoms with Crippen molar-refractivity contribution >= 4 is 0 Å². The van der Waals surface area contributed by atoms with Crippen LogP contribution in [0.3, 0.4) is 0 Å². The molecule has 2 aliphatic heterocycles. The summed E-state index contributed by atoms with van der Waals surface area (Å²) in [6.07, 6.45) is 3.65. The van der Waals surface area contributed by atoms with E-state index in [0.29, 0.717) is 31.5 Å². The Bertz CT molecular complexity index is 434. The zero-order valence-electron chi connectivity index (χ0n) is 11.4. The van der Waals surface area contributed by atoms with Gasteiger partial charge in [0.25, 0.3) is 0 Å². The number of rotatable bonds is 3. The van der Waals surface area contributed by atoms with Crippen LogP contribution in [-0.4, -0.2) is 36.5 Å². The fourth-order valence-electron chi connectivity index (χ4n) is 2.88. The van der Waals surface area contributed by atoms with Crippen molar-refractivity contribution < 1.29 is 14.0 Å². The average Bonchev–Trinajstić information content (AvgIpc) is 3.09. The van der Waals surface area contributed by atoms with E-state index in [1.165, 1.54) is 0 Å². The third-order valence-corrected chi connectivity index (χ3v) is 4.41. The molecule has 0 radical (unpaired) electrons. The summed E-state index contributed by atoms with van der Waals surface area (Å²) in [4.78, 5) is 4.59. The summed E-state index contributed by atoms with van der Waals surface area (Å²) in [6.45, 7) is 4.69. The molecule has 0 amide bonds. The monoisotopic (exact) mass is 267 g/mol. The molecule has 1 aromatic rings. The van der Waals surface area contributed by atoms with Gasteiger partial charge in [-0.15, -0.1) is 0 Å². The molecule has 1 aromatic heterocycles. The Morgan fingerprint density at radius 2 is 2.00 bits per heavy atom. The van der Waals surface area contributed by atoms with Gasteiger partial charge in [0.1, 0.15) is 5.60 Å². The maximum atomic E-state index is 5.95. The Morgan fingerprint density at radius 3 is 2.63 bits per heavy atom. The third-order valence-electron chi connectivity index (χ3n) is 4.41. The van der Waals surface area contributed by atoms with Crippen LogP contribution in [0.2, 0.25) is 0 Å². The highest BCUT2D eigenvalue weighted by molar-refractivity contribution is 5.11. The van der Waals surface area contributed by atoms with Gasteiger partial charge in [-0.25, -0.2) is 0 Å². The van der Waals surface area contributed by atoms with Crippen LogP contribution in [0.15, 0.2) is 4.52 Å². The van der Waals surface area contributed by atoms with Gasteiger partial charge in [0, 0.05) is 26.4 Å². The molecule has 0 spiro atoms. The lowest BCUT2D eigenvalue weighted by atomic mass is 9.80. The lowest BCUT2D eigenvalue weighted by Gasteiger charge is -2.32. The quantitative estimate of drug-likeness (QED) is 0.883. The molecule has 0 aromatic carbocycles. The standard InChI is InChI=1S/C13H21N3O3/c1-12(3-2-6-18-12)10-15-11(19-16-10)13(9-14)4-7-17-8-5-13/h2-9,14H2,1H3. The maximum Gasteiger partial charge on any atom is 0.234 e. The van der Waals surface area contributed by atoms with E-state index in [2.05, 4.69) is 10.1 Å². The first-order valence-electron chi connectivity index (χ1n) is 6.95. The topological polar surface area (TPSA) is 83.4 Å². The molecule has 3 heterocycles. The van der Waals surface area contributed by atoms with Gasteiger partial charge in [-0.3, -0.25) is 0 Å². The third kappa shape index (κ3) is 2.17. The molecule has 0 saturated carbocycles. The van der Waals surface area contributed by atoms with E-state index in [0.717, 1.165) is 32.3 Å². The van der Waals surface area contributed by atoms with Gasteiger partial charge in [0.15, 0.2) is 0 Å². The van der Waals surface area contributed by atoms with E-state index in [9.17, 15) is 0 Å². The van der Waals surface area contributed by atoms with Gasteiger partial charge >= 0.3 is 0 Å². The minimum atomic E-state index is -0.400. The SMILES string of the molecule is CC1(c2noc(C3(CN)CCOCC3)n2)CCCO1. The molecule has 0 bridgehead atoms. The highest BCUT2D eigenvalue weighted by atomic mass is 16.5. The predicted molar refractivity (Wildman–Crippen MR) is 67.6 cm³/mol. The van der Waals surface area contributed by atoms with Gasteiger partial charge in [-0.05, 0) is 32.6 Å². The van der Waals surface area contributed by atoms with Crippen LogP contribution in [0.1, 0.15) is 44.3 Å². The highest BCUT2D eigenvalue weighted by Gasteiger charge is 2.42. The van der Waals surface area contributed by atoms with Crippen molar-refractivity contribution in [3.8, 4) is 0 Å². The van der Waals surface area contributed by atoms with E-state index in [1.54, 1.807) is 0 Å². The molecule has 19 heavy (non-hydrogen) atoms. The Morgan fingerprint density at radius 1 is 1.21 bits per heavy atom. The molecule has 0 aliphatic carbocycles. The molecule has 2 N–H and O–H groups in total. The molecule has 1 unspecified atom stereocenters. The highest BCUT2D eigenvalue weighted by Crippen LogP contribution is 2.37. The summed E-state index contributed by atoms with van der Waals surface area (Å²) in [5.41, 5.74) is 5.33. The van der Waals surface area contributed by atoms with E-state index in [1.807, 2.05) is 6.92 Å². The first kappa shape index (κ1) is 13.0. The van der Waals surface area contributed by atoms with E-state index < -0.39 is 5.60 Å². The van der Waals surface area contributed by atoms with Gasteiger partial charge in [-0.2, -0.15) is 4.98 Å². The van der Waals surface area contributed by atoms with Gasteiger partial charge < -0.3 is 19.7 Å². The largest absolute Gasteiger partial charge is 0.381 e. The molecule has 2 saturated heterocycles. The van der Waals surface area contributed by atoms with Crippen molar-refractivity contribution in [3.05, 3.63) is 11.7 Å². The zero-order valence-corrected chi connectivity index (χ0v) is 11.4. The lowest BCUT2D eigenvalue weighted by Crippen LogP contribution is -2.41. The van der Waals surface area contributed by atoms with E-state index >= 15 is 0 Å². The number of hydrogen-bond donors (Lipinski definition) is 1. The molecule has 3 rings (SSSR count). The molecule has 2 aliphatic rings. The summed E-state index contributed by atoms with van der Waals surface area (Å²) >= 11 is 0. The zero-order chi connectivity index (χ0) is 13.3. The predicted octanol–water partition coefficient (Wildman–Crippen LogP) is 1.10. The lowest BCUT2D eigenvalue weighted by molar-refractivity contribution is 0.00767. The fraction of sp³-hybridized carbons (Fsp3) is 0.846. The first-order chi connectivity index (χ1) is 9.19. The van der Waals surface area contributed by atoms with Crippen LogP contribution < -0.4 is 5.73 Å². The summed E-state index contributed by atoms with van der Waals surface area (Å²) in [6, 6.07) is 0. The second-order valence-electron chi connectivity index (χ2n) is 5.70. The van der Waals surface area contributed by atoms with Crippen molar-refractivity contribution in [2.45, 2.75) is 43.6 Å². The number of aromatic nitrogens is 2. The maximum absolute atomic E-state index is 5.95. The summed E-state index contributed by atoms with van der Waals surface area (Å²) in [5, 5.41) is 4.13. The number of hydrogen-bond acceptors (Lipinski definition) is 6. The number of ether oxygens (including phenoxy) is 2. The molecular weight excluding hydrogens is 246 g/mol. The van der Waals surface area contributed by atoms with Crippen molar-refractivity contribution in [2.75, 3.05) is 26.4 Å². The van der Waals surface area contributed by atoms with E-state index in [4.69, 9.17) is 19.7 Å². The molecule has 6 heteroatoms. The van der Waals surface area contributed by atoms with Crippen LogP contribution >= 0.6 is 0 Å².